The number of carboxylic acids is 1. The molecule has 1 rings (SSSR count). The Bertz CT molecular complexity index is 419. The molecule has 0 heterocycles. The van der Waals surface area contributed by atoms with Crippen molar-refractivity contribution in [3.05, 3.63) is 35.9 Å². The predicted octanol–water partition coefficient (Wildman–Crippen LogP) is 1.60. The van der Waals surface area contributed by atoms with Crippen LogP contribution in [0.2, 0.25) is 0 Å². The van der Waals surface area contributed by atoms with E-state index in [0.717, 1.165) is 5.56 Å². The van der Waals surface area contributed by atoms with Crippen LogP contribution >= 0.6 is 0 Å². The number of hydrogen-bond acceptors (Lipinski definition) is 3. The molecule has 0 aliphatic carbocycles. The van der Waals surface area contributed by atoms with E-state index >= 15 is 0 Å². The number of amides is 1. The first-order valence-corrected chi connectivity index (χ1v) is 6.11. The molecule has 2 atom stereocenters. The maximum Gasteiger partial charge on any atom is 0.303 e. The Balaban J connectivity index is 2.54. The van der Waals surface area contributed by atoms with Crippen molar-refractivity contribution in [3.63, 3.8) is 0 Å². The van der Waals surface area contributed by atoms with Crippen LogP contribution in [0.15, 0.2) is 30.3 Å². The van der Waals surface area contributed by atoms with Crippen molar-refractivity contribution in [2.24, 2.45) is 5.92 Å². The first-order valence-electron chi connectivity index (χ1n) is 6.11. The number of rotatable bonds is 7. The fraction of sp³-hybridized carbons (Fsp3) is 0.429. The molecule has 19 heavy (non-hydrogen) atoms. The van der Waals surface area contributed by atoms with Gasteiger partial charge in [-0.15, -0.1) is 0 Å². The minimum absolute atomic E-state index is 0.0310. The summed E-state index contributed by atoms with van der Waals surface area (Å²) >= 11 is 0. The van der Waals surface area contributed by atoms with E-state index < -0.39 is 12.1 Å². The first-order chi connectivity index (χ1) is 9.04. The van der Waals surface area contributed by atoms with Gasteiger partial charge in [0.2, 0.25) is 0 Å². The molecule has 1 aromatic carbocycles. The highest BCUT2D eigenvalue weighted by Gasteiger charge is 2.20. The van der Waals surface area contributed by atoms with Gasteiger partial charge in [0.1, 0.15) is 0 Å². The monoisotopic (exact) mass is 265 g/mol. The summed E-state index contributed by atoms with van der Waals surface area (Å²) in [5, 5.41) is 11.4. The van der Waals surface area contributed by atoms with Gasteiger partial charge in [-0.3, -0.25) is 9.59 Å². The van der Waals surface area contributed by atoms with Gasteiger partial charge in [-0.05, 0) is 11.5 Å². The van der Waals surface area contributed by atoms with Gasteiger partial charge >= 0.3 is 5.97 Å². The highest BCUT2D eigenvalue weighted by molar-refractivity contribution is 5.82. The second-order valence-corrected chi connectivity index (χ2v) is 4.47. The van der Waals surface area contributed by atoms with Crippen molar-refractivity contribution < 1.29 is 19.4 Å². The first kappa shape index (κ1) is 15.2. The van der Waals surface area contributed by atoms with E-state index in [1.807, 2.05) is 30.3 Å². The molecule has 0 aliphatic heterocycles. The van der Waals surface area contributed by atoms with Crippen molar-refractivity contribution in [2.45, 2.75) is 19.4 Å². The van der Waals surface area contributed by atoms with Crippen molar-refractivity contribution >= 4 is 11.9 Å². The zero-order valence-corrected chi connectivity index (χ0v) is 11.1. The highest BCUT2D eigenvalue weighted by atomic mass is 16.5. The maximum absolute atomic E-state index is 12.0. The molecule has 0 saturated heterocycles. The van der Waals surface area contributed by atoms with E-state index in [1.165, 1.54) is 7.11 Å². The fourth-order valence-electron chi connectivity index (χ4n) is 1.76. The van der Waals surface area contributed by atoms with Crippen molar-refractivity contribution in [2.75, 3.05) is 13.7 Å². The minimum atomic E-state index is -0.868. The van der Waals surface area contributed by atoms with Crippen molar-refractivity contribution in [1.82, 2.24) is 5.32 Å². The second-order valence-electron chi connectivity index (χ2n) is 4.47. The number of aliphatic carboxylic acids is 1. The standard InChI is InChI=1S/C14H19NO4/c1-10(8-12(16)17)9-15-14(18)13(19-2)11-6-4-3-5-7-11/h3-7,10,13H,8-9H2,1-2H3,(H,15,18)(H,16,17)/t10?,13-/m1/s1. The third-order valence-electron chi connectivity index (χ3n) is 2.72. The van der Waals surface area contributed by atoms with Gasteiger partial charge in [0.25, 0.3) is 5.91 Å². The number of methoxy groups -OCH3 is 1. The van der Waals surface area contributed by atoms with E-state index in [4.69, 9.17) is 9.84 Å². The van der Waals surface area contributed by atoms with Gasteiger partial charge in [0.15, 0.2) is 6.10 Å². The summed E-state index contributed by atoms with van der Waals surface area (Å²) in [5.41, 5.74) is 0.772. The fourth-order valence-corrected chi connectivity index (χ4v) is 1.76. The predicted molar refractivity (Wildman–Crippen MR) is 70.6 cm³/mol. The molecule has 0 fully saturated rings. The maximum atomic E-state index is 12.0. The van der Waals surface area contributed by atoms with E-state index in [0.29, 0.717) is 6.54 Å². The van der Waals surface area contributed by atoms with E-state index in [2.05, 4.69) is 5.32 Å². The minimum Gasteiger partial charge on any atom is -0.481 e. The number of ether oxygens (including phenoxy) is 1. The number of carboxylic acid groups (broad SMARTS) is 1. The Morgan fingerprint density at radius 2 is 1.95 bits per heavy atom. The summed E-state index contributed by atoms with van der Waals surface area (Å²) < 4.78 is 5.18. The van der Waals surface area contributed by atoms with E-state index in [9.17, 15) is 9.59 Å². The SMILES string of the molecule is CO[C@@H](C(=O)NCC(C)CC(=O)O)c1ccccc1. The van der Waals surface area contributed by atoms with Gasteiger partial charge < -0.3 is 15.2 Å². The highest BCUT2D eigenvalue weighted by Crippen LogP contribution is 2.16. The third kappa shape index (κ3) is 5.09. The molecule has 1 unspecified atom stereocenters. The van der Waals surface area contributed by atoms with Gasteiger partial charge in [-0.1, -0.05) is 37.3 Å². The molecule has 0 aromatic heterocycles. The van der Waals surface area contributed by atoms with Crippen LogP contribution in [-0.4, -0.2) is 30.6 Å². The molecule has 104 valence electrons. The number of nitrogens with one attached hydrogen (secondary N) is 1. The van der Waals surface area contributed by atoms with Crippen LogP contribution in [-0.2, 0) is 14.3 Å². The molecule has 0 radical (unpaired) electrons. The van der Waals surface area contributed by atoms with Crippen LogP contribution < -0.4 is 5.32 Å². The lowest BCUT2D eigenvalue weighted by molar-refractivity contribution is -0.138. The molecule has 1 aromatic rings. The number of carbonyl (C=O) groups excluding carboxylic acids is 1. The van der Waals surface area contributed by atoms with Gasteiger partial charge in [-0.2, -0.15) is 0 Å². The summed E-state index contributed by atoms with van der Waals surface area (Å²) in [4.78, 5) is 22.5. The van der Waals surface area contributed by atoms with E-state index in [-0.39, 0.29) is 18.2 Å². The Morgan fingerprint density at radius 1 is 1.32 bits per heavy atom. The van der Waals surface area contributed by atoms with Crippen molar-refractivity contribution in [3.8, 4) is 0 Å². The lowest BCUT2D eigenvalue weighted by Gasteiger charge is -2.17. The molecule has 0 aliphatic rings. The largest absolute Gasteiger partial charge is 0.481 e. The van der Waals surface area contributed by atoms with E-state index in [1.54, 1.807) is 6.92 Å². The Hall–Kier alpha value is -1.88. The zero-order chi connectivity index (χ0) is 14.3. The molecule has 2 N–H and O–H groups in total. The number of carbonyl (C=O) groups is 2. The Kier molecular flexibility index (Phi) is 6.02. The second kappa shape index (κ2) is 7.53. The van der Waals surface area contributed by atoms with Crippen LogP contribution in [0.1, 0.15) is 25.0 Å². The van der Waals surface area contributed by atoms with Crippen LogP contribution in [0.25, 0.3) is 0 Å². The topological polar surface area (TPSA) is 75.6 Å². The molecule has 5 nitrogen and oxygen atoms in total. The van der Waals surface area contributed by atoms with Crippen LogP contribution in [0.5, 0.6) is 0 Å². The molecular formula is C14H19NO4. The normalized spacial score (nSPS) is 13.6. The summed E-state index contributed by atoms with van der Waals surface area (Å²) in [5.74, 6) is -1.24. The average molecular weight is 265 g/mol. The smallest absolute Gasteiger partial charge is 0.303 e. The Labute approximate surface area is 112 Å². The number of benzene rings is 1. The van der Waals surface area contributed by atoms with Gasteiger partial charge in [0.05, 0.1) is 0 Å². The molecule has 1 amide bonds. The molecule has 0 saturated carbocycles. The zero-order valence-electron chi connectivity index (χ0n) is 11.1. The molecule has 5 heteroatoms. The van der Waals surface area contributed by atoms with Crippen molar-refractivity contribution in [1.29, 1.82) is 0 Å². The quantitative estimate of drug-likeness (QED) is 0.785. The average Bonchev–Trinajstić information content (AvgIpc) is 2.38. The summed E-state index contributed by atoms with van der Waals surface area (Å²) in [6.45, 7) is 2.09. The summed E-state index contributed by atoms with van der Waals surface area (Å²) in [7, 11) is 1.47. The molecule has 0 bridgehead atoms. The van der Waals surface area contributed by atoms with Crippen LogP contribution in [0.3, 0.4) is 0 Å². The summed E-state index contributed by atoms with van der Waals surface area (Å²) in [6.07, 6.45) is -0.637. The number of hydrogen-bond donors (Lipinski definition) is 2. The lowest BCUT2D eigenvalue weighted by atomic mass is 10.1. The Morgan fingerprint density at radius 3 is 2.47 bits per heavy atom. The lowest BCUT2D eigenvalue weighted by Crippen LogP contribution is -2.34. The third-order valence-corrected chi connectivity index (χ3v) is 2.72. The van der Waals surface area contributed by atoms with Gasteiger partial charge in [-0.25, -0.2) is 0 Å². The molecular weight excluding hydrogens is 246 g/mol. The molecule has 0 spiro atoms. The van der Waals surface area contributed by atoms with Gasteiger partial charge in [0, 0.05) is 20.1 Å². The van der Waals surface area contributed by atoms with Crippen LogP contribution in [0.4, 0.5) is 0 Å². The summed E-state index contributed by atoms with van der Waals surface area (Å²) in [6, 6.07) is 9.16. The van der Waals surface area contributed by atoms with Crippen LogP contribution in [0, 0.1) is 5.92 Å².